The van der Waals surface area contributed by atoms with Crippen molar-refractivity contribution in [3.8, 4) is 23.0 Å². The molecule has 0 aliphatic heterocycles. The van der Waals surface area contributed by atoms with Crippen molar-refractivity contribution in [1.29, 1.82) is 0 Å². The van der Waals surface area contributed by atoms with Crippen molar-refractivity contribution >= 4 is 17.5 Å². The van der Waals surface area contributed by atoms with Crippen LogP contribution in [0.2, 0.25) is 0 Å². The van der Waals surface area contributed by atoms with E-state index in [1.165, 1.54) is 11.8 Å². The van der Waals surface area contributed by atoms with Gasteiger partial charge in [-0.3, -0.25) is 4.79 Å². The van der Waals surface area contributed by atoms with Gasteiger partial charge in [0.2, 0.25) is 5.89 Å². The Morgan fingerprint density at radius 1 is 1.04 bits per heavy atom. The predicted molar refractivity (Wildman–Crippen MR) is 108 cm³/mol. The lowest BCUT2D eigenvalue weighted by Crippen LogP contribution is -2.15. The van der Waals surface area contributed by atoms with Crippen LogP contribution in [0.25, 0.3) is 11.5 Å². The number of carbonyl (C=O) groups is 1. The minimum atomic E-state index is -0.353. The molecular formula is C21H22N2O4S. The van der Waals surface area contributed by atoms with Gasteiger partial charge < -0.3 is 13.9 Å². The highest BCUT2D eigenvalue weighted by Crippen LogP contribution is 2.32. The second-order valence-corrected chi connectivity index (χ2v) is 7.71. The highest BCUT2D eigenvalue weighted by Gasteiger charge is 2.22. The number of Topliss-reactive ketones (excluding diaryl/α,β-unsaturated/α-hetero) is 1. The van der Waals surface area contributed by atoms with Gasteiger partial charge in [0, 0.05) is 17.2 Å². The molecular weight excluding hydrogens is 376 g/mol. The number of ketones is 1. The molecule has 0 amide bonds. The fourth-order valence-corrected chi connectivity index (χ4v) is 3.48. The van der Waals surface area contributed by atoms with Crippen molar-refractivity contribution in [2.75, 3.05) is 14.2 Å². The molecule has 3 rings (SSSR count). The van der Waals surface area contributed by atoms with Gasteiger partial charge in [-0.1, -0.05) is 29.5 Å². The number of aryl methyl sites for hydroxylation is 2. The first-order valence-corrected chi connectivity index (χ1v) is 9.64. The van der Waals surface area contributed by atoms with Gasteiger partial charge in [-0.2, -0.15) is 0 Å². The van der Waals surface area contributed by atoms with E-state index in [2.05, 4.69) is 10.2 Å². The number of benzene rings is 2. The Balaban J connectivity index is 1.79. The minimum absolute atomic E-state index is 0.0361. The molecule has 0 unspecified atom stereocenters. The van der Waals surface area contributed by atoms with Crippen molar-refractivity contribution in [1.82, 2.24) is 10.2 Å². The summed E-state index contributed by atoms with van der Waals surface area (Å²) in [6.45, 7) is 5.75. The van der Waals surface area contributed by atoms with Crippen molar-refractivity contribution < 1.29 is 18.7 Å². The molecule has 28 heavy (non-hydrogen) atoms. The van der Waals surface area contributed by atoms with Crippen molar-refractivity contribution in [3.05, 3.63) is 53.1 Å². The smallest absolute Gasteiger partial charge is 0.277 e. The average Bonchev–Trinajstić information content (AvgIpc) is 3.17. The third-order valence-electron chi connectivity index (χ3n) is 4.31. The lowest BCUT2D eigenvalue weighted by atomic mass is 10.0. The number of thioether (sulfide) groups is 1. The van der Waals surface area contributed by atoms with Crippen LogP contribution in [-0.2, 0) is 0 Å². The number of rotatable bonds is 7. The Labute approximate surface area is 168 Å². The predicted octanol–water partition coefficient (Wildman–Crippen LogP) is 4.73. The van der Waals surface area contributed by atoms with Gasteiger partial charge in [0.15, 0.2) is 5.78 Å². The van der Waals surface area contributed by atoms with E-state index in [1.54, 1.807) is 32.4 Å². The summed E-state index contributed by atoms with van der Waals surface area (Å²) >= 11 is 1.24. The molecule has 0 aliphatic rings. The summed E-state index contributed by atoms with van der Waals surface area (Å²) in [7, 11) is 3.16. The zero-order chi connectivity index (χ0) is 20.3. The molecule has 2 aromatic carbocycles. The summed E-state index contributed by atoms with van der Waals surface area (Å²) in [5.74, 6) is 1.63. The molecule has 6 nitrogen and oxygen atoms in total. The van der Waals surface area contributed by atoms with E-state index < -0.39 is 0 Å². The van der Waals surface area contributed by atoms with E-state index in [-0.39, 0.29) is 11.0 Å². The van der Waals surface area contributed by atoms with Crippen molar-refractivity contribution in [2.24, 2.45) is 0 Å². The Kier molecular flexibility index (Phi) is 6.04. The maximum Gasteiger partial charge on any atom is 0.277 e. The Bertz CT molecular complexity index is 978. The molecule has 1 heterocycles. The molecule has 0 saturated heterocycles. The minimum Gasteiger partial charge on any atom is -0.497 e. The van der Waals surface area contributed by atoms with E-state index in [9.17, 15) is 4.79 Å². The van der Waals surface area contributed by atoms with Gasteiger partial charge >= 0.3 is 0 Å². The summed E-state index contributed by atoms with van der Waals surface area (Å²) in [5.41, 5.74) is 3.41. The van der Waals surface area contributed by atoms with Crippen LogP contribution in [0.1, 0.15) is 28.4 Å². The standard InChI is InChI=1S/C21H22N2O4S/c1-12-6-7-13(2)18(8-12)19(24)14(3)28-21-23-22-20(27-21)15-9-16(25-4)11-17(10-15)26-5/h6-11,14H,1-5H3/t14-/m0/s1. The molecule has 1 aromatic heterocycles. The highest BCUT2D eigenvalue weighted by molar-refractivity contribution is 8.00. The van der Waals surface area contributed by atoms with E-state index in [0.717, 1.165) is 16.7 Å². The summed E-state index contributed by atoms with van der Waals surface area (Å²) in [6.07, 6.45) is 0. The molecule has 0 fully saturated rings. The maximum atomic E-state index is 12.8. The third-order valence-corrected chi connectivity index (χ3v) is 5.24. The zero-order valence-corrected chi connectivity index (χ0v) is 17.3. The summed E-state index contributed by atoms with van der Waals surface area (Å²) in [5, 5.41) is 8.15. The number of hydrogen-bond donors (Lipinski definition) is 0. The summed E-state index contributed by atoms with van der Waals surface area (Å²) < 4.78 is 16.3. The number of aromatic nitrogens is 2. The first-order valence-electron chi connectivity index (χ1n) is 8.76. The van der Waals surface area contributed by atoms with Crippen LogP contribution in [0.3, 0.4) is 0 Å². The zero-order valence-electron chi connectivity index (χ0n) is 16.5. The SMILES string of the molecule is COc1cc(OC)cc(-c2nnc(S[C@@H](C)C(=O)c3cc(C)ccc3C)o2)c1. The largest absolute Gasteiger partial charge is 0.497 e. The molecule has 0 saturated carbocycles. The van der Waals surface area contributed by atoms with Gasteiger partial charge in [0.1, 0.15) is 11.5 Å². The Morgan fingerprint density at radius 3 is 2.36 bits per heavy atom. The molecule has 7 heteroatoms. The summed E-state index contributed by atoms with van der Waals surface area (Å²) in [6, 6.07) is 11.2. The van der Waals surface area contributed by atoms with Crippen LogP contribution in [0.4, 0.5) is 0 Å². The topological polar surface area (TPSA) is 74.5 Å². The van der Waals surface area contributed by atoms with E-state index in [4.69, 9.17) is 13.9 Å². The normalized spacial score (nSPS) is 11.9. The molecule has 0 spiro atoms. The summed E-state index contributed by atoms with van der Waals surface area (Å²) in [4.78, 5) is 12.8. The van der Waals surface area contributed by atoms with Gasteiger partial charge in [-0.15, -0.1) is 10.2 Å². The molecule has 0 aliphatic carbocycles. The molecule has 0 bridgehead atoms. The van der Waals surface area contributed by atoms with Crippen molar-refractivity contribution in [2.45, 2.75) is 31.2 Å². The molecule has 146 valence electrons. The van der Waals surface area contributed by atoms with Gasteiger partial charge in [0.05, 0.1) is 19.5 Å². The van der Waals surface area contributed by atoms with Gasteiger partial charge in [-0.05, 0) is 44.5 Å². The number of hydrogen-bond acceptors (Lipinski definition) is 7. The second-order valence-electron chi connectivity index (χ2n) is 6.42. The van der Waals surface area contributed by atoms with Crippen LogP contribution in [-0.4, -0.2) is 35.5 Å². The van der Waals surface area contributed by atoms with E-state index in [1.807, 2.05) is 39.0 Å². The van der Waals surface area contributed by atoms with Crippen LogP contribution >= 0.6 is 11.8 Å². The van der Waals surface area contributed by atoms with Crippen LogP contribution in [0, 0.1) is 13.8 Å². The van der Waals surface area contributed by atoms with Crippen LogP contribution in [0.5, 0.6) is 11.5 Å². The first-order chi connectivity index (χ1) is 13.4. The average molecular weight is 398 g/mol. The fourth-order valence-electron chi connectivity index (χ4n) is 2.73. The van der Waals surface area contributed by atoms with Gasteiger partial charge in [0.25, 0.3) is 5.22 Å². The van der Waals surface area contributed by atoms with E-state index in [0.29, 0.717) is 28.2 Å². The Hall–Kier alpha value is -2.80. The molecule has 0 radical (unpaired) electrons. The number of nitrogens with zero attached hydrogens (tertiary/aromatic N) is 2. The number of methoxy groups -OCH3 is 2. The first kappa shape index (κ1) is 19.9. The van der Waals surface area contributed by atoms with Crippen LogP contribution < -0.4 is 9.47 Å². The lowest BCUT2D eigenvalue weighted by Gasteiger charge is -2.10. The van der Waals surface area contributed by atoms with E-state index >= 15 is 0 Å². The maximum absolute atomic E-state index is 12.8. The van der Waals surface area contributed by atoms with Gasteiger partial charge in [-0.25, -0.2) is 0 Å². The third kappa shape index (κ3) is 4.36. The Morgan fingerprint density at radius 2 is 1.71 bits per heavy atom. The second kappa shape index (κ2) is 8.48. The highest BCUT2D eigenvalue weighted by atomic mass is 32.2. The number of ether oxygens (including phenoxy) is 2. The molecule has 0 N–H and O–H groups in total. The quantitative estimate of drug-likeness (QED) is 0.420. The van der Waals surface area contributed by atoms with Crippen molar-refractivity contribution in [3.63, 3.8) is 0 Å². The fraction of sp³-hybridized carbons (Fsp3) is 0.286. The lowest BCUT2D eigenvalue weighted by molar-refractivity contribution is 0.0993. The van der Waals surface area contributed by atoms with Crippen LogP contribution in [0.15, 0.2) is 46.0 Å². The molecule has 3 aromatic rings. The number of carbonyl (C=O) groups excluding carboxylic acids is 1. The monoisotopic (exact) mass is 398 g/mol. The molecule has 1 atom stereocenters.